The fourth-order valence-corrected chi connectivity index (χ4v) is 2.06. The van der Waals surface area contributed by atoms with Crippen molar-refractivity contribution < 1.29 is 5.11 Å². The number of nitrogens with two attached hydrogens (primary N) is 1. The first-order chi connectivity index (χ1) is 6.69. The van der Waals surface area contributed by atoms with Crippen molar-refractivity contribution in [3.05, 3.63) is 33.8 Å². The second-order valence-electron chi connectivity index (χ2n) is 3.38. The molecule has 14 heavy (non-hydrogen) atoms. The van der Waals surface area contributed by atoms with Gasteiger partial charge in [0, 0.05) is 10.5 Å². The first-order valence-electron chi connectivity index (χ1n) is 4.81. The van der Waals surface area contributed by atoms with E-state index in [0.717, 1.165) is 17.3 Å². The third-order valence-electron chi connectivity index (χ3n) is 2.30. The molecule has 1 rings (SSSR count). The zero-order chi connectivity index (χ0) is 10.6. The Kier molecular flexibility index (Phi) is 4.58. The minimum atomic E-state index is -0.168. The van der Waals surface area contributed by atoms with Crippen molar-refractivity contribution in [2.75, 3.05) is 6.61 Å². The molecule has 0 radical (unpaired) electrons. The molecular formula is C11H16BrNO. The van der Waals surface area contributed by atoms with Gasteiger partial charge in [-0.2, -0.15) is 0 Å². The van der Waals surface area contributed by atoms with Crippen LogP contribution in [0.5, 0.6) is 0 Å². The van der Waals surface area contributed by atoms with Gasteiger partial charge >= 0.3 is 0 Å². The lowest BCUT2D eigenvalue weighted by molar-refractivity contribution is 0.265. The summed E-state index contributed by atoms with van der Waals surface area (Å²) in [6.07, 6.45) is 1.72. The molecule has 0 aliphatic rings. The maximum atomic E-state index is 8.91. The molecule has 0 saturated carbocycles. The van der Waals surface area contributed by atoms with Crippen molar-refractivity contribution in [1.82, 2.24) is 0 Å². The maximum absolute atomic E-state index is 8.91. The van der Waals surface area contributed by atoms with Gasteiger partial charge in [0.25, 0.3) is 0 Å². The Morgan fingerprint density at radius 2 is 2.21 bits per heavy atom. The quantitative estimate of drug-likeness (QED) is 0.866. The monoisotopic (exact) mass is 257 g/mol. The summed E-state index contributed by atoms with van der Waals surface area (Å²) in [6.45, 7) is 2.15. The third-order valence-corrected chi connectivity index (χ3v) is 3.04. The number of aliphatic hydroxyl groups is 1. The molecule has 3 heteroatoms. The highest BCUT2D eigenvalue weighted by Gasteiger charge is 2.09. The van der Waals surface area contributed by atoms with E-state index in [9.17, 15) is 0 Å². The molecule has 0 fully saturated rings. The fraction of sp³-hybridized carbons (Fsp3) is 0.455. The highest BCUT2D eigenvalue weighted by molar-refractivity contribution is 9.10. The summed E-state index contributed by atoms with van der Waals surface area (Å²) < 4.78 is 1.08. The van der Waals surface area contributed by atoms with Gasteiger partial charge in [-0.3, -0.25) is 0 Å². The van der Waals surface area contributed by atoms with E-state index in [-0.39, 0.29) is 12.6 Å². The molecule has 0 aliphatic carbocycles. The summed E-state index contributed by atoms with van der Waals surface area (Å²) in [5.74, 6) is 0. The topological polar surface area (TPSA) is 46.2 Å². The Labute approximate surface area is 93.3 Å². The summed E-state index contributed by atoms with van der Waals surface area (Å²) in [5, 5.41) is 8.91. The summed E-state index contributed by atoms with van der Waals surface area (Å²) in [4.78, 5) is 0. The molecule has 0 saturated heterocycles. The minimum Gasteiger partial charge on any atom is -0.395 e. The van der Waals surface area contributed by atoms with Gasteiger partial charge in [0.15, 0.2) is 0 Å². The van der Waals surface area contributed by atoms with Gasteiger partial charge in [0.2, 0.25) is 0 Å². The average Bonchev–Trinajstić information content (AvgIpc) is 2.20. The van der Waals surface area contributed by atoms with Gasteiger partial charge in [-0.05, 0) is 30.0 Å². The third kappa shape index (κ3) is 2.80. The van der Waals surface area contributed by atoms with Crippen LogP contribution < -0.4 is 5.73 Å². The molecular weight excluding hydrogens is 242 g/mol. The number of rotatable bonds is 4. The van der Waals surface area contributed by atoms with Crippen molar-refractivity contribution in [3.8, 4) is 0 Å². The van der Waals surface area contributed by atoms with Crippen LogP contribution in [0.25, 0.3) is 0 Å². The van der Waals surface area contributed by atoms with Crippen LogP contribution in [-0.4, -0.2) is 17.8 Å². The van der Waals surface area contributed by atoms with Crippen LogP contribution in [0.4, 0.5) is 0 Å². The van der Waals surface area contributed by atoms with Crippen molar-refractivity contribution >= 4 is 15.9 Å². The zero-order valence-electron chi connectivity index (χ0n) is 8.33. The Bertz CT molecular complexity index is 301. The lowest BCUT2D eigenvalue weighted by atomic mass is 9.99. The van der Waals surface area contributed by atoms with Crippen molar-refractivity contribution in [3.63, 3.8) is 0 Å². The lowest BCUT2D eigenvalue weighted by Crippen LogP contribution is -2.27. The Balaban J connectivity index is 2.92. The minimum absolute atomic E-state index is 0.0322. The molecule has 1 aromatic rings. The summed E-state index contributed by atoms with van der Waals surface area (Å²) in [6, 6.07) is 5.97. The van der Waals surface area contributed by atoms with E-state index in [1.54, 1.807) is 0 Å². The zero-order valence-corrected chi connectivity index (χ0v) is 9.92. The Morgan fingerprint density at radius 1 is 1.50 bits per heavy atom. The molecule has 0 bridgehead atoms. The van der Waals surface area contributed by atoms with E-state index in [2.05, 4.69) is 28.9 Å². The molecule has 1 aromatic carbocycles. The van der Waals surface area contributed by atoms with Gasteiger partial charge in [-0.25, -0.2) is 0 Å². The first-order valence-corrected chi connectivity index (χ1v) is 5.61. The van der Waals surface area contributed by atoms with Gasteiger partial charge in [-0.1, -0.05) is 35.0 Å². The van der Waals surface area contributed by atoms with Crippen LogP contribution in [0, 0.1) is 0 Å². The fourth-order valence-electron chi connectivity index (χ4n) is 1.49. The van der Waals surface area contributed by atoms with Crippen LogP contribution in [0.1, 0.15) is 18.1 Å². The first kappa shape index (κ1) is 11.7. The number of aliphatic hydroxyl groups excluding tert-OH is 1. The predicted octanol–water partition coefficient (Wildman–Crippen LogP) is 1.87. The van der Waals surface area contributed by atoms with Gasteiger partial charge < -0.3 is 10.8 Å². The number of benzene rings is 1. The van der Waals surface area contributed by atoms with E-state index in [1.165, 1.54) is 11.1 Å². The Morgan fingerprint density at radius 3 is 2.79 bits per heavy atom. The van der Waals surface area contributed by atoms with E-state index >= 15 is 0 Å². The molecule has 0 spiro atoms. The van der Waals surface area contributed by atoms with Crippen molar-refractivity contribution in [1.29, 1.82) is 0 Å². The summed E-state index contributed by atoms with van der Waals surface area (Å²) in [7, 11) is 0. The SMILES string of the molecule is CCc1cccc(Br)c1CC(N)CO. The van der Waals surface area contributed by atoms with Gasteiger partial charge in [0.05, 0.1) is 6.61 Å². The second-order valence-corrected chi connectivity index (χ2v) is 4.23. The standard InChI is InChI=1S/C11H16BrNO/c1-2-8-4-3-5-11(12)10(8)6-9(13)7-14/h3-5,9,14H,2,6-7,13H2,1H3. The molecule has 3 N–H and O–H groups in total. The highest BCUT2D eigenvalue weighted by Crippen LogP contribution is 2.22. The largest absolute Gasteiger partial charge is 0.395 e. The van der Waals surface area contributed by atoms with Crippen LogP contribution >= 0.6 is 15.9 Å². The van der Waals surface area contributed by atoms with Crippen LogP contribution in [0.2, 0.25) is 0 Å². The van der Waals surface area contributed by atoms with Crippen molar-refractivity contribution in [2.45, 2.75) is 25.8 Å². The predicted molar refractivity (Wildman–Crippen MR) is 62.3 cm³/mol. The molecule has 0 amide bonds. The average molecular weight is 258 g/mol. The normalized spacial score (nSPS) is 12.9. The molecule has 0 aromatic heterocycles. The highest BCUT2D eigenvalue weighted by atomic mass is 79.9. The number of hydrogen-bond acceptors (Lipinski definition) is 2. The van der Waals surface area contributed by atoms with E-state index in [4.69, 9.17) is 10.8 Å². The molecule has 0 heterocycles. The molecule has 78 valence electrons. The number of halogens is 1. The maximum Gasteiger partial charge on any atom is 0.0585 e. The number of aryl methyl sites for hydroxylation is 1. The molecule has 1 atom stereocenters. The molecule has 1 unspecified atom stereocenters. The summed E-state index contributed by atoms with van der Waals surface area (Å²) >= 11 is 3.51. The van der Waals surface area contributed by atoms with E-state index in [1.807, 2.05) is 12.1 Å². The number of hydrogen-bond donors (Lipinski definition) is 2. The smallest absolute Gasteiger partial charge is 0.0585 e. The van der Waals surface area contributed by atoms with Crippen LogP contribution in [-0.2, 0) is 12.8 Å². The van der Waals surface area contributed by atoms with Crippen molar-refractivity contribution in [2.24, 2.45) is 5.73 Å². The van der Waals surface area contributed by atoms with Crippen LogP contribution in [0.15, 0.2) is 22.7 Å². The van der Waals surface area contributed by atoms with Gasteiger partial charge in [0.1, 0.15) is 0 Å². The summed E-state index contributed by atoms with van der Waals surface area (Å²) in [5.41, 5.74) is 8.24. The second kappa shape index (κ2) is 5.49. The van der Waals surface area contributed by atoms with Gasteiger partial charge in [-0.15, -0.1) is 0 Å². The lowest BCUT2D eigenvalue weighted by Gasteiger charge is -2.13. The van der Waals surface area contributed by atoms with E-state index < -0.39 is 0 Å². The van der Waals surface area contributed by atoms with E-state index in [0.29, 0.717) is 0 Å². The Hall–Kier alpha value is -0.380. The molecule has 0 aliphatic heterocycles. The van der Waals surface area contributed by atoms with Crippen LogP contribution in [0.3, 0.4) is 0 Å². The molecule has 2 nitrogen and oxygen atoms in total.